The smallest absolute Gasteiger partial charge is 0.258 e. The summed E-state index contributed by atoms with van der Waals surface area (Å²) in [6.45, 7) is 6.94. The number of carbonyl (C=O) groups excluding carboxylic acids is 2. The Morgan fingerprint density at radius 2 is 1.79 bits per heavy atom. The number of carbonyl (C=O) groups is 2. The van der Waals surface area contributed by atoms with Crippen molar-refractivity contribution in [1.82, 2.24) is 10.2 Å². The van der Waals surface area contributed by atoms with Gasteiger partial charge in [0.2, 0.25) is 5.91 Å². The SMILES string of the molecule is CC(C)(C)C(=O)N1CCC(NC(=O)COc2ccc(F)cc2)CC1. The molecule has 2 rings (SSSR count). The predicted molar refractivity (Wildman–Crippen MR) is 89.1 cm³/mol. The molecule has 0 saturated carbocycles. The lowest BCUT2D eigenvalue weighted by atomic mass is 9.93. The molecule has 1 N–H and O–H groups in total. The molecule has 0 bridgehead atoms. The third-order valence-electron chi connectivity index (χ3n) is 3.97. The highest BCUT2D eigenvalue weighted by Gasteiger charge is 2.30. The lowest BCUT2D eigenvalue weighted by Gasteiger charge is -2.36. The number of rotatable bonds is 4. The molecule has 132 valence electrons. The second kappa shape index (κ2) is 7.64. The van der Waals surface area contributed by atoms with E-state index in [4.69, 9.17) is 4.74 Å². The van der Waals surface area contributed by atoms with Crippen LogP contribution in [0.4, 0.5) is 4.39 Å². The van der Waals surface area contributed by atoms with Crippen LogP contribution in [0, 0.1) is 11.2 Å². The molecule has 0 radical (unpaired) electrons. The van der Waals surface area contributed by atoms with Gasteiger partial charge in [-0.05, 0) is 37.1 Å². The van der Waals surface area contributed by atoms with E-state index in [0.717, 1.165) is 12.8 Å². The van der Waals surface area contributed by atoms with E-state index in [0.29, 0.717) is 18.8 Å². The van der Waals surface area contributed by atoms with E-state index in [1.54, 1.807) is 0 Å². The van der Waals surface area contributed by atoms with Crippen LogP contribution in [0.15, 0.2) is 24.3 Å². The Bertz CT molecular complexity index is 573. The van der Waals surface area contributed by atoms with E-state index in [2.05, 4.69) is 5.32 Å². The summed E-state index contributed by atoms with van der Waals surface area (Å²) in [4.78, 5) is 26.0. The van der Waals surface area contributed by atoms with E-state index in [-0.39, 0.29) is 35.7 Å². The van der Waals surface area contributed by atoms with Crippen LogP contribution in [0.25, 0.3) is 0 Å². The maximum Gasteiger partial charge on any atom is 0.258 e. The standard InChI is InChI=1S/C18H25FN2O3/c1-18(2,3)17(23)21-10-8-14(9-11-21)20-16(22)12-24-15-6-4-13(19)5-7-15/h4-7,14H,8-12H2,1-3H3,(H,20,22). The van der Waals surface area contributed by atoms with E-state index in [1.165, 1.54) is 24.3 Å². The number of piperidine rings is 1. The highest BCUT2D eigenvalue weighted by atomic mass is 19.1. The molecule has 1 aliphatic rings. The normalized spacial score (nSPS) is 15.9. The quantitative estimate of drug-likeness (QED) is 0.918. The van der Waals surface area contributed by atoms with Crippen molar-refractivity contribution in [3.05, 3.63) is 30.1 Å². The van der Waals surface area contributed by atoms with Gasteiger partial charge in [-0.15, -0.1) is 0 Å². The zero-order valence-corrected chi connectivity index (χ0v) is 14.5. The van der Waals surface area contributed by atoms with E-state index in [9.17, 15) is 14.0 Å². The van der Waals surface area contributed by atoms with Gasteiger partial charge in [-0.2, -0.15) is 0 Å². The third kappa shape index (κ3) is 5.22. The number of likely N-dealkylation sites (tertiary alicyclic amines) is 1. The van der Waals surface area contributed by atoms with Crippen LogP contribution in [0.5, 0.6) is 5.75 Å². The van der Waals surface area contributed by atoms with Crippen molar-refractivity contribution >= 4 is 11.8 Å². The van der Waals surface area contributed by atoms with Gasteiger partial charge in [0.25, 0.3) is 5.91 Å². The number of hydrogen-bond acceptors (Lipinski definition) is 3. The van der Waals surface area contributed by atoms with E-state index in [1.807, 2.05) is 25.7 Å². The van der Waals surface area contributed by atoms with Gasteiger partial charge in [-0.3, -0.25) is 9.59 Å². The molecule has 1 aromatic rings. The van der Waals surface area contributed by atoms with Gasteiger partial charge < -0.3 is 15.0 Å². The first-order valence-corrected chi connectivity index (χ1v) is 8.23. The topological polar surface area (TPSA) is 58.6 Å². The van der Waals surface area contributed by atoms with Gasteiger partial charge >= 0.3 is 0 Å². The number of hydrogen-bond donors (Lipinski definition) is 1. The molecule has 0 aromatic heterocycles. The minimum Gasteiger partial charge on any atom is -0.484 e. The zero-order valence-electron chi connectivity index (χ0n) is 14.5. The fourth-order valence-corrected chi connectivity index (χ4v) is 2.65. The van der Waals surface area contributed by atoms with Crippen molar-refractivity contribution < 1.29 is 18.7 Å². The van der Waals surface area contributed by atoms with Crippen molar-refractivity contribution in [2.24, 2.45) is 5.41 Å². The Hall–Kier alpha value is -2.11. The fraction of sp³-hybridized carbons (Fsp3) is 0.556. The van der Waals surface area contributed by atoms with Gasteiger partial charge in [0.15, 0.2) is 6.61 Å². The number of benzene rings is 1. The molecule has 0 spiro atoms. The number of amides is 2. The number of nitrogens with one attached hydrogen (secondary N) is 1. The number of ether oxygens (including phenoxy) is 1. The summed E-state index contributed by atoms with van der Waals surface area (Å²) in [6, 6.07) is 5.60. The molecule has 5 nitrogen and oxygen atoms in total. The van der Waals surface area contributed by atoms with Crippen molar-refractivity contribution in [1.29, 1.82) is 0 Å². The average Bonchev–Trinajstić information content (AvgIpc) is 2.53. The van der Waals surface area contributed by atoms with Gasteiger partial charge in [-0.25, -0.2) is 4.39 Å². The van der Waals surface area contributed by atoms with Crippen LogP contribution in [0.2, 0.25) is 0 Å². The Kier molecular flexibility index (Phi) is 5.80. The fourth-order valence-electron chi connectivity index (χ4n) is 2.65. The van der Waals surface area contributed by atoms with E-state index >= 15 is 0 Å². The van der Waals surface area contributed by atoms with Crippen LogP contribution in [-0.4, -0.2) is 42.5 Å². The molecule has 2 amide bonds. The summed E-state index contributed by atoms with van der Waals surface area (Å²) in [7, 11) is 0. The van der Waals surface area contributed by atoms with Gasteiger partial charge in [0.1, 0.15) is 11.6 Å². The number of nitrogens with zero attached hydrogens (tertiary/aromatic N) is 1. The molecule has 0 atom stereocenters. The van der Waals surface area contributed by atoms with Crippen molar-refractivity contribution in [3.63, 3.8) is 0 Å². The molecule has 6 heteroatoms. The zero-order chi connectivity index (χ0) is 17.7. The Balaban J connectivity index is 1.72. The van der Waals surface area contributed by atoms with Gasteiger partial charge in [0.05, 0.1) is 0 Å². The van der Waals surface area contributed by atoms with Gasteiger partial charge in [-0.1, -0.05) is 20.8 Å². The average molecular weight is 336 g/mol. The van der Waals surface area contributed by atoms with Crippen LogP contribution >= 0.6 is 0 Å². The Morgan fingerprint density at radius 3 is 2.33 bits per heavy atom. The van der Waals surface area contributed by atoms with E-state index < -0.39 is 0 Å². The third-order valence-corrected chi connectivity index (χ3v) is 3.97. The summed E-state index contributed by atoms with van der Waals surface area (Å²) in [5.74, 6) is 0.0485. The molecule has 1 aliphatic heterocycles. The monoisotopic (exact) mass is 336 g/mol. The Morgan fingerprint density at radius 1 is 1.21 bits per heavy atom. The molecule has 1 heterocycles. The number of halogens is 1. The first-order valence-electron chi connectivity index (χ1n) is 8.23. The van der Waals surface area contributed by atoms with Crippen molar-refractivity contribution in [3.8, 4) is 5.75 Å². The minimum absolute atomic E-state index is 0.0540. The Labute approximate surface area is 142 Å². The lowest BCUT2D eigenvalue weighted by Crippen LogP contribution is -2.49. The highest BCUT2D eigenvalue weighted by Crippen LogP contribution is 2.21. The molecule has 1 aromatic carbocycles. The van der Waals surface area contributed by atoms with Crippen LogP contribution < -0.4 is 10.1 Å². The lowest BCUT2D eigenvalue weighted by molar-refractivity contribution is -0.140. The summed E-state index contributed by atoms with van der Waals surface area (Å²) in [5.41, 5.74) is -0.376. The van der Waals surface area contributed by atoms with Gasteiger partial charge in [0, 0.05) is 24.5 Å². The summed E-state index contributed by atoms with van der Waals surface area (Å²) in [5, 5.41) is 2.92. The van der Waals surface area contributed by atoms with Crippen LogP contribution in [0.3, 0.4) is 0 Å². The van der Waals surface area contributed by atoms with Crippen molar-refractivity contribution in [2.75, 3.05) is 19.7 Å². The largest absolute Gasteiger partial charge is 0.484 e. The van der Waals surface area contributed by atoms with Crippen molar-refractivity contribution in [2.45, 2.75) is 39.7 Å². The molecule has 24 heavy (non-hydrogen) atoms. The maximum atomic E-state index is 12.8. The molecular formula is C18H25FN2O3. The summed E-state index contributed by atoms with van der Waals surface area (Å²) >= 11 is 0. The highest BCUT2D eigenvalue weighted by molar-refractivity contribution is 5.81. The van der Waals surface area contributed by atoms with Crippen LogP contribution in [0.1, 0.15) is 33.6 Å². The summed E-state index contributed by atoms with van der Waals surface area (Å²) < 4.78 is 18.1. The first kappa shape index (κ1) is 18.2. The first-order chi connectivity index (χ1) is 11.3. The molecule has 0 aliphatic carbocycles. The molecule has 1 fully saturated rings. The molecular weight excluding hydrogens is 311 g/mol. The maximum absolute atomic E-state index is 12.8. The minimum atomic E-state index is -0.376. The summed E-state index contributed by atoms with van der Waals surface area (Å²) in [6.07, 6.45) is 1.48. The second-order valence-corrected chi connectivity index (χ2v) is 7.13. The molecule has 1 saturated heterocycles. The second-order valence-electron chi connectivity index (χ2n) is 7.13. The molecule has 0 unspecified atom stereocenters. The predicted octanol–water partition coefficient (Wildman–Crippen LogP) is 2.36. The van der Waals surface area contributed by atoms with Crippen LogP contribution in [-0.2, 0) is 9.59 Å².